The molecule has 0 radical (unpaired) electrons. The molecule has 0 fully saturated rings. The minimum absolute atomic E-state index is 0.0562. The summed E-state index contributed by atoms with van der Waals surface area (Å²) in [5.41, 5.74) is 0.930. The highest BCUT2D eigenvalue weighted by Crippen LogP contribution is 2.46. The van der Waals surface area contributed by atoms with E-state index in [1.54, 1.807) is 0 Å². The second kappa shape index (κ2) is 6.12. The Labute approximate surface area is 84.8 Å². The van der Waals surface area contributed by atoms with Crippen molar-refractivity contribution in [2.45, 2.75) is 20.3 Å². The van der Waals surface area contributed by atoms with Gasteiger partial charge in [0.05, 0.1) is 6.16 Å². The maximum atomic E-state index is 11.5. The van der Waals surface area contributed by atoms with E-state index in [1.807, 2.05) is 13.8 Å². The molecule has 0 aliphatic carbocycles. The van der Waals surface area contributed by atoms with Crippen LogP contribution in [0.15, 0.2) is 11.6 Å². The molecule has 0 rings (SSSR count). The number of hydrogen-bond acceptors (Lipinski definition) is 4. The van der Waals surface area contributed by atoms with Crippen LogP contribution in [0.4, 0.5) is 0 Å². The summed E-state index contributed by atoms with van der Waals surface area (Å²) in [5, 5.41) is 0. The van der Waals surface area contributed by atoms with Gasteiger partial charge in [-0.3, -0.25) is 9.36 Å². The van der Waals surface area contributed by atoms with Gasteiger partial charge in [0.25, 0.3) is 0 Å². The summed E-state index contributed by atoms with van der Waals surface area (Å²) in [6, 6.07) is 0. The fourth-order valence-corrected chi connectivity index (χ4v) is 1.91. The van der Waals surface area contributed by atoms with E-state index in [4.69, 9.17) is 9.05 Å². The molecule has 0 saturated heterocycles. The van der Waals surface area contributed by atoms with Crippen molar-refractivity contribution in [3.8, 4) is 0 Å². The van der Waals surface area contributed by atoms with Gasteiger partial charge >= 0.3 is 7.60 Å². The van der Waals surface area contributed by atoms with Crippen LogP contribution in [0.2, 0.25) is 0 Å². The summed E-state index contributed by atoms with van der Waals surface area (Å²) in [6.45, 7) is 3.67. The number of ketones is 1. The minimum atomic E-state index is -3.03. The molecule has 82 valence electrons. The van der Waals surface area contributed by atoms with Crippen LogP contribution >= 0.6 is 7.60 Å². The molecule has 0 saturated carbocycles. The molecule has 0 bridgehead atoms. The summed E-state index contributed by atoms with van der Waals surface area (Å²) in [4.78, 5) is 11.2. The third-order valence-corrected chi connectivity index (χ3v) is 3.52. The van der Waals surface area contributed by atoms with Crippen LogP contribution < -0.4 is 0 Å². The van der Waals surface area contributed by atoms with Gasteiger partial charge in [-0.2, -0.15) is 0 Å². The lowest BCUT2D eigenvalue weighted by molar-refractivity contribution is -0.114. The molecule has 5 heteroatoms. The molecule has 0 aromatic heterocycles. The molecule has 0 aliphatic rings. The lowest BCUT2D eigenvalue weighted by Crippen LogP contribution is -2.01. The average molecular weight is 220 g/mol. The Morgan fingerprint density at radius 1 is 1.29 bits per heavy atom. The van der Waals surface area contributed by atoms with Crippen molar-refractivity contribution >= 4 is 13.4 Å². The molecule has 14 heavy (non-hydrogen) atoms. The third kappa shape index (κ3) is 5.32. The summed E-state index contributed by atoms with van der Waals surface area (Å²) >= 11 is 0. The van der Waals surface area contributed by atoms with Gasteiger partial charge in [-0.25, -0.2) is 0 Å². The lowest BCUT2D eigenvalue weighted by Gasteiger charge is -2.11. The van der Waals surface area contributed by atoms with Crippen molar-refractivity contribution in [1.29, 1.82) is 0 Å². The van der Waals surface area contributed by atoms with E-state index in [2.05, 4.69) is 0 Å². The number of rotatable bonds is 6. The van der Waals surface area contributed by atoms with Gasteiger partial charge in [-0.1, -0.05) is 5.57 Å². The lowest BCUT2D eigenvalue weighted by atomic mass is 10.2. The quantitative estimate of drug-likeness (QED) is 0.509. The molecular weight excluding hydrogens is 203 g/mol. The van der Waals surface area contributed by atoms with Crippen LogP contribution in [0.25, 0.3) is 0 Å². The largest absolute Gasteiger partial charge is 0.330 e. The number of allylic oxidation sites excluding steroid dienone is 2. The third-order valence-electron chi connectivity index (χ3n) is 1.64. The predicted octanol–water partition coefficient (Wildman–Crippen LogP) is 2.40. The van der Waals surface area contributed by atoms with Crippen molar-refractivity contribution in [2.75, 3.05) is 20.4 Å². The maximum absolute atomic E-state index is 11.5. The van der Waals surface area contributed by atoms with Gasteiger partial charge in [-0.05, 0) is 19.9 Å². The van der Waals surface area contributed by atoms with Gasteiger partial charge in [0.1, 0.15) is 0 Å². The van der Waals surface area contributed by atoms with E-state index in [9.17, 15) is 9.36 Å². The van der Waals surface area contributed by atoms with Crippen LogP contribution in [0, 0.1) is 0 Å². The normalized spacial score (nSPS) is 11.1. The highest BCUT2D eigenvalue weighted by molar-refractivity contribution is 7.53. The molecule has 0 amide bonds. The van der Waals surface area contributed by atoms with Crippen LogP contribution in [-0.4, -0.2) is 26.2 Å². The molecule has 0 heterocycles. The van der Waals surface area contributed by atoms with Crippen molar-refractivity contribution in [3.63, 3.8) is 0 Å². The zero-order valence-electron chi connectivity index (χ0n) is 9.07. The van der Waals surface area contributed by atoms with Gasteiger partial charge in [-0.15, -0.1) is 0 Å². The molecule has 4 nitrogen and oxygen atoms in total. The van der Waals surface area contributed by atoms with Crippen molar-refractivity contribution in [1.82, 2.24) is 0 Å². The standard InChI is InChI=1S/C9H17O4P/c1-8(2)7-9(10)5-6-14(11,12-3)13-4/h7H,5-6H2,1-4H3. The summed E-state index contributed by atoms with van der Waals surface area (Å²) < 4.78 is 20.9. The molecule has 0 unspecified atom stereocenters. The monoisotopic (exact) mass is 220 g/mol. The SMILES string of the molecule is COP(=O)(CCC(=O)C=C(C)C)OC. The first-order valence-electron chi connectivity index (χ1n) is 4.32. The number of carbonyl (C=O) groups excluding carboxylic acids is 1. The van der Waals surface area contributed by atoms with Crippen LogP contribution in [0.5, 0.6) is 0 Å². The van der Waals surface area contributed by atoms with E-state index in [0.29, 0.717) is 0 Å². The maximum Gasteiger partial charge on any atom is 0.330 e. The second-order valence-electron chi connectivity index (χ2n) is 3.14. The fourth-order valence-electron chi connectivity index (χ4n) is 0.898. The summed E-state index contributed by atoms with van der Waals surface area (Å²) in [6.07, 6.45) is 1.84. The fraction of sp³-hybridized carbons (Fsp3) is 0.667. The Bertz CT molecular complexity index is 258. The first-order valence-corrected chi connectivity index (χ1v) is 6.04. The minimum Gasteiger partial charge on any atom is -0.312 e. The molecule has 0 aromatic carbocycles. The average Bonchev–Trinajstić information content (AvgIpc) is 2.13. The Morgan fingerprint density at radius 3 is 2.14 bits per heavy atom. The van der Waals surface area contributed by atoms with Gasteiger partial charge in [0.15, 0.2) is 5.78 Å². The Hall–Kier alpha value is -0.440. The smallest absolute Gasteiger partial charge is 0.312 e. The second-order valence-corrected chi connectivity index (χ2v) is 5.54. The topological polar surface area (TPSA) is 52.6 Å². The summed E-state index contributed by atoms with van der Waals surface area (Å²) in [5.74, 6) is -0.0562. The van der Waals surface area contributed by atoms with E-state index < -0.39 is 7.60 Å². The first-order chi connectivity index (χ1) is 6.43. The zero-order chi connectivity index (χ0) is 11.2. The predicted molar refractivity (Wildman–Crippen MR) is 55.5 cm³/mol. The van der Waals surface area contributed by atoms with E-state index >= 15 is 0 Å². The van der Waals surface area contributed by atoms with Crippen LogP contribution in [-0.2, 0) is 18.4 Å². The highest BCUT2D eigenvalue weighted by atomic mass is 31.2. The van der Waals surface area contributed by atoms with Gasteiger partial charge < -0.3 is 9.05 Å². The zero-order valence-corrected chi connectivity index (χ0v) is 9.97. The number of hydrogen-bond donors (Lipinski definition) is 0. The molecule has 0 spiro atoms. The van der Waals surface area contributed by atoms with Crippen LogP contribution in [0.1, 0.15) is 20.3 Å². The van der Waals surface area contributed by atoms with Crippen molar-refractivity contribution < 1.29 is 18.4 Å². The van der Waals surface area contributed by atoms with E-state index in [1.165, 1.54) is 20.3 Å². The highest BCUT2D eigenvalue weighted by Gasteiger charge is 2.21. The number of carbonyl (C=O) groups is 1. The molecule has 0 aliphatic heterocycles. The van der Waals surface area contributed by atoms with Crippen molar-refractivity contribution in [2.24, 2.45) is 0 Å². The van der Waals surface area contributed by atoms with Gasteiger partial charge in [0, 0.05) is 20.6 Å². The molecule has 0 N–H and O–H groups in total. The van der Waals surface area contributed by atoms with Crippen molar-refractivity contribution in [3.05, 3.63) is 11.6 Å². The van der Waals surface area contributed by atoms with E-state index in [-0.39, 0.29) is 18.4 Å². The molecule has 0 atom stereocenters. The van der Waals surface area contributed by atoms with Gasteiger partial charge in [0.2, 0.25) is 0 Å². The first kappa shape index (κ1) is 13.6. The Morgan fingerprint density at radius 2 is 1.79 bits per heavy atom. The molecular formula is C9H17O4P. The van der Waals surface area contributed by atoms with E-state index in [0.717, 1.165) is 5.57 Å². The Balaban J connectivity index is 4.12. The Kier molecular flexibility index (Phi) is 5.93. The summed E-state index contributed by atoms with van der Waals surface area (Å²) in [7, 11) is -0.398. The molecule has 0 aromatic rings. The van der Waals surface area contributed by atoms with Crippen LogP contribution in [0.3, 0.4) is 0 Å².